The van der Waals surface area contributed by atoms with Crippen LogP contribution in [0.1, 0.15) is 53.5 Å². The number of rotatable bonds is 5. The summed E-state index contributed by atoms with van der Waals surface area (Å²) >= 11 is 0. The number of hydrogen-bond acceptors (Lipinski definition) is 6. The molecule has 0 aliphatic heterocycles. The van der Waals surface area contributed by atoms with Gasteiger partial charge in [-0.15, -0.1) is 0 Å². The maximum absolute atomic E-state index is 13.3. The van der Waals surface area contributed by atoms with Crippen molar-refractivity contribution in [3.63, 3.8) is 0 Å². The largest absolute Gasteiger partial charge is 0.364 e. The Morgan fingerprint density at radius 1 is 1.24 bits per heavy atom. The number of anilines is 1. The Hall–Kier alpha value is -3.95. The highest BCUT2D eigenvalue weighted by Crippen LogP contribution is 2.41. The number of fused-ring (bicyclic) bond motifs is 1. The van der Waals surface area contributed by atoms with Gasteiger partial charge in [-0.3, -0.25) is 19.4 Å². The summed E-state index contributed by atoms with van der Waals surface area (Å²) in [5.74, 6) is -1.25. The van der Waals surface area contributed by atoms with Crippen LogP contribution in [0.2, 0.25) is 0 Å². The zero-order valence-corrected chi connectivity index (χ0v) is 18.5. The van der Waals surface area contributed by atoms with Gasteiger partial charge in [-0.25, -0.2) is 0 Å². The van der Waals surface area contributed by atoms with Crippen molar-refractivity contribution in [2.45, 2.75) is 38.5 Å². The number of carbonyl (C=O) groups excluding carboxylic acids is 2. The van der Waals surface area contributed by atoms with Gasteiger partial charge in [-0.1, -0.05) is 24.1 Å². The topological polar surface area (TPSA) is 145 Å². The van der Waals surface area contributed by atoms with E-state index >= 15 is 0 Å². The molecule has 1 aromatic carbocycles. The lowest BCUT2D eigenvalue weighted by molar-refractivity contribution is -0.121. The molecule has 1 saturated carbocycles. The number of hydrogen-bond donors (Lipinski definition) is 3. The molecule has 0 radical (unpaired) electrons. The Morgan fingerprint density at radius 3 is 2.82 bits per heavy atom. The highest BCUT2D eigenvalue weighted by molar-refractivity contribution is 6.02. The van der Waals surface area contributed by atoms with E-state index in [-0.39, 0.29) is 23.4 Å². The lowest BCUT2D eigenvalue weighted by atomic mass is 9.76. The molecule has 10 heteroatoms. The molecule has 2 atom stereocenters. The van der Waals surface area contributed by atoms with E-state index < -0.39 is 5.91 Å². The summed E-state index contributed by atoms with van der Waals surface area (Å²) in [4.78, 5) is 25.0. The van der Waals surface area contributed by atoms with Crippen LogP contribution in [0.3, 0.4) is 0 Å². The second-order valence-corrected chi connectivity index (χ2v) is 8.63. The molecule has 33 heavy (non-hydrogen) atoms. The molecule has 3 heterocycles. The predicted molar refractivity (Wildman–Crippen MR) is 121 cm³/mol. The molecule has 1 aliphatic rings. The first kappa shape index (κ1) is 20.9. The molecule has 4 aromatic rings. The molecule has 0 spiro atoms. The molecule has 0 unspecified atom stereocenters. The van der Waals surface area contributed by atoms with Crippen LogP contribution < -0.4 is 11.1 Å². The van der Waals surface area contributed by atoms with E-state index in [1.165, 1.54) is 4.68 Å². The van der Waals surface area contributed by atoms with Crippen molar-refractivity contribution in [1.82, 2.24) is 25.1 Å². The molecule has 170 valence electrons. The van der Waals surface area contributed by atoms with Gasteiger partial charge in [0.2, 0.25) is 5.91 Å². The van der Waals surface area contributed by atoms with Crippen molar-refractivity contribution in [1.29, 1.82) is 0 Å². The summed E-state index contributed by atoms with van der Waals surface area (Å²) in [5.41, 5.74) is 9.98. The summed E-state index contributed by atoms with van der Waals surface area (Å²) < 4.78 is 7.13. The summed E-state index contributed by atoms with van der Waals surface area (Å²) in [7, 11) is 1.67. The number of carbonyl (C=O) groups is 2. The first-order valence-corrected chi connectivity index (χ1v) is 11.0. The number of aromatic nitrogens is 5. The van der Waals surface area contributed by atoms with Gasteiger partial charge in [-0.2, -0.15) is 10.2 Å². The molecule has 0 bridgehead atoms. The smallest absolute Gasteiger partial charge is 0.271 e. The minimum Gasteiger partial charge on any atom is -0.364 e. The Labute approximate surface area is 189 Å². The Morgan fingerprint density at radius 2 is 2.06 bits per heavy atom. The third-order valence-corrected chi connectivity index (χ3v) is 6.28. The summed E-state index contributed by atoms with van der Waals surface area (Å²) in [5, 5.41) is 19.4. The van der Waals surface area contributed by atoms with E-state index in [2.05, 4.69) is 25.8 Å². The number of benzene rings is 1. The third kappa shape index (κ3) is 3.88. The molecule has 4 N–H and O–H groups in total. The van der Waals surface area contributed by atoms with Crippen LogP contribution in [0.5, 0.6) is 0 Å². The number of nitrogens with two attached hydrogens (primary N) is 1. The monoisotopic (exact) mass is 447 g/mol. The zero-order chi connectivity index (χ0) is 23.1. The van der Waals surface area contributed by atoms with Gasteiger partial charge in [0.25, 0.3) is 5.91 Å². The quantitative estimate of drug-likeness (QED) is 0.428. The van der Waals surface area contributed by atoms with Gasteiger partial charge < -0.3 is 15.6 Å². The van der Waals surface area contributed by atoms with Crippen LogP contribution in [0.15, 0.2) is 35.0 Å². The summed E-state index contributed by atoms with van der Waals surface area (Å²) in [6.45, 7) is 1.95. The minimum absolute atomic E-state index is 0.0474. The average Bonchev–Trinajstić information content (AvgIpc) is 3.51. The average molecular weight is 447 g/mol. The number of aryl methyl sites for hydroxylation is 2. The van der Waals surface area contributed by atoms with E-state index in [1.54, 1.807) is 13.2 Å². The van der Waals surface area contributed by atoms with Gasteiger partial charge in [0.15, 0.2) is 11.3 Å². The first-order chi connectivity index (χ1) is 15.9. The van der Waals surface area contributed by atoms with Gasteiger partial charge in [0.05, 0.1) is 17.1 Å². The maximum Gasteiger partial charge on any atom is 0.271 e. The first-order valence-electron chi connectivity index (χ1n) is 11.0. The standard InChI is InChI=1S/C23H25N7O3/c1-12-9-17(27-26-12)13-7-8-16-19(10-13)33-29-20(16)14-5-3-4-6-15(14)23(32)25-18-11-30(2)28-21(18)22(24)31/h7-11,14-15H,3-6H2,1-2H3,(H2,24,31)(H,25,32)(H,26,27)/t14-,15-/m1/s1. The number of aromatic amines is 1. The lowest BCUT2D eigenvalue weighted by Crippen LogP contribution is -2.31. The fourth-order valence-electron chi connectivity index (χ4n) is 4.71. The van der Waals surface area contributed by atoms with Crippen molar-refractivity contribution >= 4 is 28.5 Å². The number of amides is 2. The highest BCUT2D eigenvalue weighted by Gasteiger charge is 2.35. The second kappa shape index (κ2) is 8.19. The highest BCUT2D eigenvalue weighted by atomic mass is 16.5. The van der Waals surface area contributed by atoms with E-state index in [9.17, 15) is 9.59 Å². The van der Waals surface area contributed by atoms with Crippen LogP contribution in [-0.4, -0.2) is 36.9 Å². The number of H-pyrrole nitrogens is 1. The van der Waals surface area contributed by atoms with Gasteiger partial charge in [-0.05, 0) is 38.0 Å². The Bertz CT molecular complexity index is 1350. The molecule has 0 saturated heterocycles. The molecule has 10 nitrogen and oxygen atoms in total. The molecule has 5 rings (SSSR count). The van der Waals surface area contributed by atoms with E-state index in [1.807, 2.05) is 31.2 Å². The molecule has 1 fully saturated rings. The van der Waals surface area contributed by atoms with Gasteiger partial charge >= 0.3 is 0 Å². The van der Waals surface area contributed by atoms with Crippen LogP contribution in [0, 0.1) is 12.8 Å². The third-order valence-electron chi connectivity index (χ3n) is 6.28. The number of nitrogens with one attached hydrogen (secondary N) is 2. The van der Waals surface area contributed by atoms with E-state index in [0.717, 1.165) is 53.7 Å². The zero-order valence-electron chi connectivity index (χ0n) is 18.5. The maximum atomic E-state index is 13.3. The van der Waals surface area contributed by atoms with Gasteiger partial charge in [0.1, 0.15) is 0 Å². The SMILES string of the molecule is Cc1cc(-c2ccc3c([C@@H]4CCCC[C@H]4C(=O)Nc4cn(C)nc4C(N)=O)noc3c2)n[nH]1. The lowest BCUT2D eigenvalue weighted by Gasteiger charge is -2.29. The molecule has 1 aliphatic carbocycles. The van der Waals surface area contributed by atoms with Gasteiger partial charge in [0, 0.05) is 41.7 Å². The van der Waals surface area contributed by atoms with Crippen molar-refractivity contribution < 1.29 is 14.1 Å². The Kier molecular flexibility index (Phi) is 5.20. The molecule has 2 amide bonds. The Balaban J connectivity index is 1.44. The normalized spacial score (nSPS) is 18.5. The van der Waals surface area contributed by atoms with Crippen molar-refractivity contribution in [3.05, 3.63) is 47.5 Å². The fourth-order valence-corrected chi connectivity index (χ4v) is 4.71. The number of nitrogens with zero attached hydrogens (tertiary/aromatic N) is 4. The van der Waals surface area contributed by atoms with Crippen molar-refractivity contribution in [2.24, 2.45) is 18.7 Å². The van der Waals surface area contributed by atoms with E-state index in [4.69, 9.17) is 10.3 Å². The number of primary amides is 1. The van der Waals surface area contributed by atoms with Crippen LogP contribution in [0.25, 0.3) is 22.2 Å². The molecular formula is C23H25N7O3. The minimum atomic E-state index is -0.684. The predicted octanol–water partition coefficient (Wildman–Crippen LogP) is 3.27. The van der Waals surface area contributed by atoms with Crippen LogP contribution >= 0.6 is 0 Å². The van der Waals surface area contributed by atoms with E-state index in [0.29, 0.717) is 11.3 Å². The van der Waals surface area contributed by atoms with Crippen LogP contribution in [0.4, 0.5) is 5.69 Å². The van der Waals surface area contributed by atoms with Crippen molar-refractivity contribution in [3.8, 4) is 11.3 Å². The second-order valence-electron chi connectivity index (χ2n) is 8.63. The van der Waals surface area contributed by atoms with Crippen LogP contribution in [-0.2, 0) is 11.8 Å². The van der Waals surface area contributed by atoms with Crippen molar-refractivity contribution in [2.75, 3.05) is 5.32 Å². The molecule has 3 aromatic heterocycles. The summed E-state index contributed by atoms with van der Waals surface area (Å²) in [6.07, 6.45) is 5.09. The molecular weight excluding hydrogens is 422 g/mol. The summed E-state index contributed by atoms with van der Waals surface area (Å²) in [6, 6.07) is 7.87. The fraction of sp³-hybridized carbons (Fsp3) is 0.348.